The van der Waals surface area contributed by atoms with Crippen molar-refractivity contribution in [2.45, 2.75) is 43.6 Å². The highest BCUT2D eigenvalue weighted by Gasteiger charge is 2.27. The fraction of sp³-hybridized carbons (Fsp3) is 0.538. The lowest BCUT2D eigenvalue weighted by atomic mass is 9.93. The third-order valence-electron chi connectivity index (χ3n) is 3.37. The van der Waals surface area contributed by atoms with Crippen LogP contribution in [0.15, 0.2) is 24.3 Å². The molecule has 6 heteroatoms. The van der Waals surface area contributed by atoms with Gasteiger partial charge >= 0.3 is 0 Å². The van der Waals surface area contributed by atoms with Gasteiger partial charge in [0.25, 0.3) is 0 Å². The van der Waals surface area contributed by atoms with Gasteiger partial charge in [0.15, 0.2) is 0 Å². The van der Waals surface area contributed by atoms with Crippen LogP contribution < -0.4 is 10.5 Å². The van der Waals surface area contributed by atoms with Crippen LogP contribution in [0.5, 0.6) is 0 Å². The molecular weight excluding hydrogens is 264 g/mol. The van der Waals surface area contributed by atoms with E-state index in [-0.39, 0.29) is 11.8 Å². The molecule has 0 amide bonds. The molecular formula is C13H20N2O3S. The third-order valence-corrected chi connectivity index (χ3v) is 4.74. The second-order valence-corrected chi connectivity index (χ2v) is 6.83. The van der Waals surface area contributed by atoms with E-state index in [1.54, 1.807) is 24.3 Å². The minimum Gasteiger partial charge on any atom is -0.399 e. The van der Waals surface area contributed by atoms with Crippen molar-refractivity contribution < 1.29 is 13.5 Å². The standard InChI is InChI=1S/C13H20N2O3S/c14-11-5-3-4-10(8-11)9-19(17,18)15-12-6-1-2-7-13(12)16/h3-5,8,12-13,15-16H,1-2,6-7,9,14H2/t12-,13-/m0/s1. The monoisotopic (exact) mass is 284 g/mol. The number of aliphatic hydroxyl groups excluding tert-OH is 1. The molecule has 0 saturated heterocycles. The van der Waals surface area contributed by atoms with Crippen LogP contribution in [-0.2, 0) is 15.8 Å². The van der Waals surface area contributed by atoms with E-state index in [0.717, 1.165) is 12.8 Å². The zero-order chi connectivity index (χ0) is 13.9. The first-order valence-corrected chi connectivity index (χ1v) is 8.14. The molecule has 0 unspecified atom stereocenters. The molecule has 1 aliphatic carbocycles. The van der Waals surface area contributed by atoms with Crippen LogP contribution in [0, 0.1) is 0 Å². The van der Waals surface area contributed by atoms with E-state index >= 15 is 0 Å². The van der Waals surface area contributed by atoms with Gasteiger partial charge in [-0.1, -0.05) is 25.0 Å². The average Bonchev–Trinajstić information content (AvgIpc) is 2.31. The van der Waals surface area contributed by atoms with Gasteiger partial charge < -0.3 is 10.8 Å². The number of rotatable bonds is 4. The summed E-state index contributed by atoms with van der Waals surface area (Å²) in [7, 11) is -3.45. The number of aliphatic hydroxyl groups is 1. The molecule has 0 heterocycles. The van der Waals surface area contributed by atoms with Crippen molar-refractivity contribution in [3.63, 3.8) is 0 Å². The van der Waals surface area contributed by atoms with Gasteiger partial charge in [0.05, 0.1) is 11.9 Å². The van der Waals surface area contributed by atoms with Gasteiger partial charge in [0.1, 0.15) is 0 Å². The van der Waals surface area contributed by atoms with Gasteiger partial charge in [-0.25, -0.2) is 13.1 Å². The van der Waals surface area contributed by atoms with E-state index in [4.69, 9.17) is 5.73 Å². The molecule has 2 atom stereocenters. The molecule has 0 aliphatic heterocycles. The van der Waals surface area contributed by atoms with E-state index in [9.17, 15) is 13.5 Å². The van der Waals surface area contributed by atoms with Crippen LogP contribution in [-0.4, -0.2) is 25.7 Å². The molecule has 1 aromatic rings. The number of hydrogen-bond acceptors (Lipinski definition) is 4. The summed E-state index contributed by atoms with van der Waals surface area (Å²) in [5, 5.41) is 9.80. The van der Waals surface area contributed by atoms with Crippen LogP contribution in [0.25, 0.3) is 0 Å². The summed E-state index contributed by atoms with van der Waals surface area (Å²) in [5.41, 5.74) is 6.83. The highest BCUT2D eigenvalue weighted by atomic mass is 32.2. The maximum atomic E-state index is 12.1. The van der Waals surface area contributed by atoms with Crippen LogP contribution >= 0.6 is 0 Å². The fourth-order valence-electron chi connectivity index (χ4n) is 2.42. The molecule has 106 valence electrons. The Bertz CT molecular complexity index is 530. The maximum Gasteiger partial charge on any atom is 0.216 e. The predicted octanol–water partition coefficient (Wildman–Crippen LogP) is 0.992. The first kappa shape index (κ1) is 14.3. The Kier molecular flexibility index (Phi) is 4.44. The Morgan fingerprint density at radius 1 is 1.32 bits per heavy atom. The van der Waals surface area contributed by atoms with Crippen molar-refractivity contribution in [2.24, 2.45) is 0 Å². The van der Waals surface area contributed by atoms with Crippen LogP contribution in [0.3, 0.4) is 0 Å². The normalized spacial score (nSPS) is 24.3. The zero-order valence-electron chi connectivity index (χ0n) is 10.7. The minimum atomic E-state index is -3.45. The Hall–Kier alpha value is -1.11. The second kappa shape index (κ2) is 5.90. The fourth-order valence-corrected chi connectivity index (χ4v) is 3.86. The lowest BCUT2D eigenvalue weighted by Crippen LogP contribution is -2.45. The highest BCUT2D eigenvalue weighted by molar-refractivity contribution is 7.88. The Labute approximate surface area is 113 Å². The molecule has 2 rings (SSSR count). The second-order valence-electron chi connectivity index (χ2n) is 5.08. The van der Waals surface area contributed by atoms with Gasteiger partial charge in [-0.05, 0) is 30.5 Å². The number of anilines is 1. The van der Waals surface area contributed by atoms with Gasteiger partial charge in [0, 0.05) is 11.7 Å². The van der Waals surface area contributed by atoms with E-state index in [1.165, 1.54) is 0 Å². The number of nitrogens with two attached hydrogens (primary N) is 1. The SMILES string of the molecule is Nc1cccc(CS(=O)(=O)N[C@H]2CCCC[C@@H]2O)c1. The highest BCUT2D eigenvalue weighted by Crippen LogP contribution is 2.20. The van der Waals surface area contributed by atoms with Gasteiger partial charge in [-0.15, -0.1) is 0 Å². The van der Waals surface area contributed by atoms with Gasteiger partial charge in [0.2, 0.25) is 10.0 Å². The third kappa shape index (κ3) is 4.19. The topological polar surface area (TPSA) is 92.4 Å². The molecule has 19 heavy (non-hydrogen) atoms. The molecule has 0 radical (unpaired) electrons. The molecule has 0 spiro atoms. The number of nitrogens with one attached hydrogen (secondary N) is 1. The van der Waals surface area contributed by atoms with Crippen LogP contribution in [0.2, 0.25) is 0 Å². The lowest BCUT2D eigenvalue weighted by molar-refractivity contribution is 0.101. The molecule has 4 N–H and O–H groups in total. The smallest absolute Gasteiger partial charge is 0.216 e. The van der Waals surface area contributed by atoms with Crippen molar-refractivity contribution in [1.29, 1.82) is 0 Å². The van der Waals surface area contributed by atoms with Gasteiger partial charge in [-0.3, -0.25) is 0 Å². The van der Waals surface area contributed by atoms with Crippen molar-refractivity contribution in [3.8, 4) is 0 Å². The van der Waals surface area contributed by atoms with Crippen molar-refractivity contribution in [2.75, 3.05) is 5.73 Å². The predicted molar refractivity (Wildman–Crippen MR) is 74.9 cm³/mol. The molecule has 1 aliphatic rings. The maximum absolute atomic E-state index is 12.1. The quantitative estimate of drug-likeness (QED) is 0.719. The summed E-state index contributed by atoms with van der Waals surface area (Å²) in [6, 6.07) is 6.47. The summed E-state index contributed by atoms with van der Waals surface area (Å²) < 4.78 is 26.7. The molecule has 0 aromatic heterocycles. The van der Waals surface area contributed by atoms with Crippen LogP contribution in [0.4, 0.5) is 5.69 Å². The first-order valence-electron chi connectivity index (χ1n) is 6.49. The Morgan fingerprint density at radius 3 is 2.74 bits per heavy atom. The number of benzene rings is 1. The minimum absolute atomic E-state index is 0.110. The van der Waals surface area contributed by atoms with Gasteiger partial charge in [-0.2, -0.15) is 0 Å². The molecule has 1 aromatic carbocycles. The molecule has 5 nitrogen and oxygen atoms in total. The summed E-state index contributed by atoms with van der Waals surface area (Å²) in [6.45, 7) is 0. The summed E-state index contributed by atoms with van der Waals surface area (Å²) >= 11 is 0. The number of nitrogen functional groups attached to an aromatic ring is 1. The summed E-state index contributed by atoms with van der Waals surface area (Å²) in [5.74, 6) is -0.110. The van der Waals surface area contributed by atoms with E-state index in [1.807, 2.05) is 0 Å². The number of sulfonamides is 1. The largest absolute Gasteiger partial charge is 0.399 e. The van der Waals surface area contributed by atoms with E-state index in [0.29, 0.717) is 24.1 Å². The van der Waals surface area contributed by atoms with E-state index in [2.05, 4.69) is 4.72 Å². The Morgan fingerprint density at radius 2 is 2.05 bits per heavy atom. The summed E-state index contributed by atoms with van der Waals surface area (Å²) in [6.07, 6.45) is 2.67. The van der Waals surface area contributed by atoms with Crippen LogP contribution in [0.1, 0.15) is 31.2 Å². The number of hydrogen-bond donors (Lipinski definition) is 3. The summed E-state index contributed by atoms with van der Waals surface area (Å²) in [4.78, 5) is 0. The average molecular weight is 284 g/mol. The Balaban J connectivity index is 2.02. The van der Waals surface area contributed by atoms with Crippen molar-refractivity contribution in [1.82, 2.24) is 4.72 Å². The molecule has 0 bridgehead atoms. The first-order chi connectivity index (χ1) is 8.96. The lowest BCUT2D eigenvalue weighted by Gasteiger charge is -2.28. The molecule has 1 saturated carbocycles. The van der Waals surface area contributed by atoms with Crippen molar-refractivity contribution >= 4 is 15.7 Å². The molecule has 1 fully saturated rings. The zero-order valence-corrected chi connectivity index (χ0v) is 11.6. The van der Waals surface area contributed by atoms with E-state index < -0.39 is 16.1 Å². The van der Waals surface area contributed by atoms with Crippen molar-refractivity contribution in [3.05, 3.63) is 29.8 Å².